The third-order valence-electron chi connectivity index (χ3n) is 4.05. The molecule has 2 rings (SSSR count). The number of aromatic nitrogens is 3. The summed E-state index contributed by atoms with van der Waals surface area (Å²) in [6.45, 7) is 3.29. The monoisotopic (exact) mass is 345 g/mol. The lowest BCUT2D eigenvalue weighted by molar-refractivity contribution is -0.141. The fraction of sp³-hybridized carbons (Fsp3) is 0.467. The van der Waals surface area contributed by atoms with Crippen molar-refractivity contribution in [2.24, 2.45) is 0 Å². The van der Waals surface area contributed by atoms with Gasteiger partial charge in [0.25, 0.3) is 0 Å². The number of hydrogen-bond donors (Lipinski definition) is 1. The first kappa shape index (κ1) is 17.8. The summed E-state index contributed by atoms with van der Waals surface area (Å²) in [6.07, 6.45) is 0.129. The minimum absolute atomic E-state index is 0.131. The Morgan fingerprint density at radius 1 is 1.17 bits per heavy atom. The largest absolute Gasteiger partial charge is 0.416 e. The van der Waals surface area contributed by atoms with Gasteiger partial charge in [0, 0.05) is 10.9 Å². The summed E-state index contributed by atoms with van der Waals surface area (Å²) >= 11 is 1.29. The van der Waals surface area contributed by atoms with Crippen molar-refractivity contribution in [3.63, 3.8) is 0 Å². The molecule has 0 radical (unpaired) electrons. The van der Waals surface area contributed by atoms with Crippen LogP contribution in [0.25, 0.3) is 0 Å². The average molecular weight is 345 g/mol. The predicted molar refractivity (Wildman–Crippen MR) is 83.0 cm³/mol. The molecule has 0 saturated heterocycles. The van der Waals surface area contributed by atoms with Gasteiger partial charge in [-0.25, -0.2) is 4.68 Å². The first-order chi connectivity index (χ1) is 10.6. The van der Waals surface area contributed by atoms with E-state index in [1.165, 1.54) is 47.0 Å². The number of alkyl halides is 3. The van der Waals surface area contributed by atoms with Crippen LogP contribution in [0.3, 0.4) is 0 Å². The van der Waals surface area contributed by atoms with E-state index in [9.17, 15) is 18.3 Å². The fourth-order valence-electron chi connectivity index (χ4n) is 2.41. The smallest absolute Gasteiger partial charge is 0.382 e. The molecule has 8 heteroatoms. The Morgan fingerprint density at radius 2 is 1.78 bits per heavy atom. The SMILES string of the molecule is CSC(C)(C)C(O)(Cn1ccnn1)c1ccccc1C(F)(F)F. The van der Waals surface area contributed by atoms with E-state index in [-0.39, 0.29) is 12.1 Å². The van der Waals surface area contributed by atoms with Gasteiger partial charge in [-0.15, -0.1) is 5.10 Å². The molecular weight excluding hydrogens is 327 g/mol. The first-order valence-corrected chi connectivity index (χ1v) is 8.12. The van der Waals surface area contributed by atoms with Crippen molar-refractivity contribution >= 4 is 11.8 Å². The lowest BCUT2D eigenvalue weighted by atomic mass is 9.80. The van der Waals surface area contributed by atoms with Crippen LogP contribution in [0.15, 0.2) is 36.7 Å². The van der Waals surface area contributed by atoms with Crippen molar-refractivity contribution in [1.29, 1.82) is 0 Å². The van der Waals surface area contributed by atoms with Gasteiger partial charge in [-0.3, -0.25) is 0 Å². The van der Waals surface area contributed by atoms with Gasteiger partial charge >= 0.3 is 6.18 Å². The maximum Gasteiger partial charge on any atom is 0.416 e. The molecule has 23 heavy (non-hydrogen) atoms. The zero-order valence-corrected chi connectivity index (χ0v) is 13.8. The summed E-state index contributed by atoms with van der Waals surface area (Å²) in [4.78, 5) is 0. The molecule has 0 bridgehead atoms. The van der Waals surface area contributed by atoms with Crippen molar-refractivity contribution in [2.45, 2.75) is 36.9 Å². The van der Waals surface area contributed by atoms with Crippen LogP contribution in [-0.4, -0.2) is 31.1 Å². The summed E-state index contributed by atoms with van der Waals surface area (Å²) < 4.78 is 40.6. The van der Waals surface area contributed by atoms with Gasteiger partial charge in [0.15, 0.2) is 0 Å². The number of aliphatic hydroxyl groups is 1. The normalized spacial score (nSPS) is 15.4. The lowest BCUT2D eigenvalue weighted by Crippen LogP contribution is -2.49. The number of rotatable bonds is 5. The van der Waals surface area contributed by atoms with Crippen LogP contribution < -0.4 is 0 Å². The van der Waals surface area contributed by atoms with Gasteiger partial charge in [0.1, 0.15) is 5.60 Å². The Balaban J connectivity index is 2.64. The molecule has 1 aromatic carbocycles. The van der Waals surface area contributed by atoms with Crippen molar-refractivity contribution in [1.82, 2.24) is 15.0 Å². The quantitative estimate of drug-likeness (QED) is 0.903. The Bertz CT molecular complexity index is 658. The Morgan fingerprint density at radius 3 is 2.26 bits per heavy atom. The molecule has 1 atom stereocenters. The van der Waals surface area contributed by atoms with E-state index in [0.29, 0.717) is 0 Å². The van der Waals surface area contributed by atoms with Crippen LogP contribution in [-0.2, 0) is 18.3 Å². The Hall–Kier alpha value is -1.54. The van der Waals surface area contributed by atoms with Gasteiger partial charge in [-0.2, -0.15) is 24.9 Å². The molecule has 1 N–H and O–H groups in total. The zero-order chi connectivity index (χ0) is 17.3. The summed E-state index contributed by atoms with van der Waals surface area (Å²) in [6, 6.07) is 5.11. The van der Waals surface area contributed by atoms with E-state index in [4.69, 9.17) is 0 Å². The predicted octanol–water partition coefficient (Wildman–Crippen LogP) is 3.33. The van der Waals surface area contributed by atoms with Gasteiger partial charge in [-0.1, -0.05) is 23.4 Å². The van der Waals surface area contributed by atoms with Crippen LogP contribution in [0.1, 0.15) is 25.0 Å². The molecule has 0 fully saturated rings. The third kappa shape index (κ3) is 3.37. The molecule has 0 spiro atoms. The highest BCUT2D eigenvalue weighted by Crippen LogP contribution is 2.46. The molecule has 0 aliphatic heterocycles. The van der Waals surface area contributed by atoms with Gasteiger partial charge in [0.05, 0.1) is 18.3 Å². The second-order valence-corrected chi connectivity index (χ2v) is 7.15. The average Bonchev–Trinajstić information content (AvgIpc) is 2.99. The Kier molecular flexibility index (Phi) is 4.77. The molecule has 1 heterocycles. The van der Waals surface area contributed by atoms with E-state index >= 15 is 0 Å². The summed E-state index contributed by atoms with van der Waals surface area (Å²) in [7, 11) is 0. The van der Waals surface area contributed by atoms with Crippen LogP contribution in [0.5, 0.6) is 0 Å². The molecule has 0 aliphatic rings. The second kappa shape index (κ2) is 6.16. The van der Waals surface area contributed by atoms with Crippen molar-refractivity contribution in [3.05, 3.63) is 47.8 Å². The zero-order valence-electron chi connectivity index (χ0n) is 13.0. The van der Waals surface area contributed by atoms with Gasteiger partial charge < -0.3 is 5.11 Å². The topological polar surface area (TPSA) is 50.9 Å². The van der Waals surface area contributed by atoms with Crippen LogP contribution in [0, 0.1) is 0 Å². The molecule has 0 amide bonds. The van der Waals surface area contributed by atoms with E-state index in [2.05, 4.69) is 10.3 Å². The van der Waals surface area contributed by atoms with E-state index in [1.807, 2.05) is 0 Å². The van der Waals surface area contributed by atoms with Crippen molar-refractivity contribution < 1.29 is 18.3 Å². The maximum atomic E-state index is 13.4. The molecule has 4 nitrogen and oxygen atoms in total. The molecule has 0 saturated carbocycles. The number of benzene rings is 1. The minimum Gasteiger partial charge on any atom is -0.382 e. The standard InChI is InChI=1S/C15H18F3N3OS/c1-13(2,23-3)14(22,10-21-9-8-19-20-21)11-6-4-5-7-12(11)15(16,17)18/h4-9,22H,10H2,1-3H3. The summed E-state index contributed by atoms with van der Waals surface area (Å²) in [5, 5.41) is 18.8. The number of hydrogen-bond acceptors (Lipinski definition) is 4. The van der Waals surface area contributed by atoms with Gasteiger partial charge in [0.2, 0.25) is 0 Å². The molecule has 0 aliphatic carbocycles. The Labute approximate surface area is 136 Å². The molecule has 1 unspecified atom stereocenters. The minimum atomic E-state index is -4.55. The molecule has 1 aromatic heterocycles. The van der Waals surface area contributed by atoms with Crippen LogP contribution in [0.2, 0.25) is 0 Å². The second-order valence-electron chi connectivity index (χ2n) is 5.72. The third-order valence-corrected chi connectivity index (χ3v) is 5.41. The van der Waals surface area contributed by atoms with E-state index in [0.717, 1.165) is 6.07 Å². The molecule has 2 aromatic rings. The molecular formula is C15H18F3N3OS. The number of thioether (sulfide) groups is 1. The maximum absolute atomic E-state index is 13.4. The van der Waals surface area contributed by atoms with Crippen molar-refractivity contribution in [3.8, 4) is 0 Å². The first-order valence-electron chi connectivity index (χ1n) is 6.90. The highest BCUT2D eigenvalue weighted by atomic mass is 32.2. The van der Waals surface area contributed by atoms with Crippen LogP contribution >= 0.6 is 11.8 Å². The fourth-order valence-corrected chi connectivity index (χ4v) is 2.92. The number of nitrogens with zero attached hydrogens (tertiary/aromatic N) is 3. The number of halogens is 3. The highest BCUT2D eigenvalue weighted by molar-refractivity contribution is 8.00. The van der Waals surface area contributed by atoms with E-state index < -0.39 is 22.1 Å². The summed E-state index contributed by atoms with van der Waals surface area (Å²) in [5.74, 6) is 0. The lowest BCUT2D eigenvalue weighted by Gasteiger charge is -2.43. The van der Waals surface area contributed by atoms with Crippen LogP contribution in [0.4, 0.5) is 13.2 Å². The highest BCUT2D eigenvalue weighted by Gasteiger charge is 2.49. The van der Waals surface area contributed by atoms with Crippen molar-refractivity contribution in [2.75, 3.05) is 6.26 Å². The van der Waals surface area contributed by atoms with E-state index in [1.54, 1.807) is 20.1 Å². The summed E-state index contributed by atoms with van der Waals surface area (Å²) in [5.41, 5.74) is -2.79. The van der Waals surface area contributed by atoms with Gasteiger partial charge in [-0.05, 0) is 31.7 Å². The molecule has 126 valence electrons.